The molecule has 0 N–H and O–H groups in total. The van der Waals surface area contributed by atoms with Crippen LogP contribution in [0.15, 0.2) is 29.4 Å². The molecular formula is C15H21F3N2. The van der Waals surface area contributed by atoms with Crippen LogP contribution in [0.3, 0.4) is 0 Å². The molecule has 0 atom stereocenters. The molecule has 0 aliphatic carbocycles. The molecule has 0 unspecified atom stereocenters. The second-order valence-corrected chi connectivity index (χ2v) is 5.29. The minimum absolute atomic E-state index is 0.326. The van der Waals surface area contributed by atoms with Gasteiger partial charge < -0.3 is 5.01 Å². The molecule has 0 amide bonds. The summed E-state index contributed by atoms with van der Waals surface area (Å²) in [7, 11) is 3.72. The Hall–Kier alpha value is -1.52. The number of aryl methyl sites for hydroxylation is 1. The van der Waals surface area contributed by atoms with E-state index < -0.39 is 11.7 Å². The van der Waals surface area contributed by atoms with Gasteiger partial charge >= 0.3 is 6.18 Å². The SMILES string of the molecule is CC(C)/C(CCc1ccc(C(F)(F)F)cc1)=N/N(C)C. The van der Waals surface area contributed by atoms with Crippen molar-refractivity contribution in [2.45, 2.75) is 32.9 Å². The molecule has 0 bridgehead atoms. The first-order valence-corrected chi connectivity index (χ1v) is 6.61. The van der Waals surface area contributed by atoms with E-state index in [1.54, 1.807) is 5.01 Å². The average Bonchev–Trinajstić information content (AvgIpc) is 2.33. The molecule has 1 rings (SSSR count). The summed E-state index contributed by atoms with van der Waals surface area (Å²) < 4.78 is 37.4. The zero-order valence-corrected chi connectivity index (χ0v) is 12.3. The fourth-order valence-corrected chi connectivity index (χ4v) is 1.84. The van der Waals surface area contributed by atoms with Gasteiger partial charge in [-0.2, -0.15) is 18.3 Å². The van der Waals surface area contributed by atoms with Crippen molar-refractivity contribution >= 4 is 5.71 Å². The van der Waals surface area contributed by atoms with Crippen LogP contribution in [0.25, 0.3) is 0 Å². The Morgan fingerprint density at radius 3 is 2.10 bits per heavy atom. The van der Waals surface area contributed by atoms with Gasteiger partial charge in [-0.3, -0.25) is 0 Å². The molecule has 0 aliphatic rings. The Kier molecular flexibility index (Phi) is 5.60. The lowest BCUT2D eigenvalue weighted by Crippen LogP contribution is -2.15. The van der Waals surface area contributed by atoms with E-state index >= 15 is 0 Å². The smallest absolute Gasteiger partial charge is 0.303 e. The highest BCUT2D eigenvalue weighted by Gasteiger charge is 2.29. The van der Waals surface area contributed by atoms with Gasteiger partial charge in [0.05, 0.1) is 5.56 Å². The van der Waals surface area contributed by atoms with Crippen LogP contribution in [0.1, 0.15) is 31.4 Å². The summed E-state index contributed by atoms with van der Waals surface area (Å²) >= 11 is 0. The van der Waals surface area contributed by atoms with Gasteiger partial charge in [-0.15, -0.1) is 0 Å². The standard InChI is InChI=1S/C15H21F3N2/c1-11(2)14(19-20(3)4)10-7-12-5-8-13(9-6-12)15(16,17)18/h5-6,8-9,11H,7,10H2,1-4H3/b19-14+. The third-order valence-electron chi connectivity index (χ3n) is 2.95. The van der Waals surface area contributed by atoms with Gasteiger partial charge in [0.1, 0.15) is 0 Å². The van der Waals surface area contributed by atoms with E-state index in [0.29, 0.717) is 12.3 Å². The monoisotopic (exact) mass is 286 g/mol. The third-order valence-corrected chi connectivity index (χ3v) is 2.95. The third kappa shape index (κ3) is 5.23. The molecule has 0 fully saturated rings. The number of rotatable bonds is 5. The Morgan fingerprint density at radius 2 is 1.70 bits per heavy atom. The van der Waals surface area contributed by atoms with Gasteiger partial charge in [0.15, 0.2) is 0 Å². The van der Waals surface area contributed by atoms with Gasteiger partial charge in [-0.05, 0) is 36.5 Å². The van der Waals surface area contributed by atoms with Crippen LogP contribution in [0.4, 0.5) is 13.2 Å². The number of nitrogens with zero attached hydrogens (tertiary/aromatic N) is 2. The van der Waals surface area contributed by atoms with E-state index in [4.69, 9.17) is 0 Å². The summed E-state index contributed by atoms with van der Waals surface area (Å²) in [6.45, 7) is 4.13. The molecule has 0 saturated heterocycles. The molecule has 112 valence electrons. The van der Waals surface area contributed by atoms with Gasteiger partial charge in [0.25, 0.3) is 0 Å². The van der Waals surface area contributed by atoms with Crippen LogP contribution in [0, 0.1) is 5.92 Å². The summed E-state index contributed by atoms with van der Waals surface area (Å²) in [5.41, 5.74) is 1.34. The van der Waals surface area contributed by atoms with Crippen LogP contribution in [-0.2, 0) is 12.6 Å². The minimum Gasteiger partial charge on any atom is -0.303 e. The number of hydrogen-bond acceptors (Lipinski definition) is 2. The highest BCUT2D eigenvalue weighted by Crippen LogP contribution is 2.29. The molecule has 2 nitrogen and oxygen atoms in total. The van der Waals surface area contributed by atoms with Crippen molar-refractivity contribution in [3.63, 3.8) is 0 Å². The summed E-state index contributed by atoms with van der Waals surface area (Å²) in [5, 5.41) is 6.17. The van der Waals surface area contributed by atoms with Crippen LogP contribution >= 0.6 is 0 Å². The maximum Gasteiger partial charge on any atom is 0.416 e. The average molecular weight is 286 g/mol. The van der Waals surface area contributed by atoms with Crippen molar-refractivity contribution in [2.24, 2.45) is 11.0 Å². The molecule has 0 saturated carbocycles. The maximum atomic E-state index is 12.5. The molecule has 0 radical (unpaired) electrons. The first-order chi connectivity index (χ1) is 9.20. The van der Waals surface area contributed by atoms with Gasteiger partial charge in [0.2, 0.25) is 0 Å². The lowest BCUT2D eigenvalue weighted by Gasteiger charge is -2.14. The van der Waals surface area contributed by atoms with E-state index in [1.807, 2.05) is 14.1 Å². The van der Waals surface area contributed by atoms with Crippen molar-refractivity contribution in [3.8, 4) is 0 Å². The summed E-state index contributed by atoms with van der Waals surface area (Å²) in [4.78, 5) is 0. The Bertz CT molecular complexity index is 445. The number of halogens is 3. The molecule has 1 aromatic rings. The van der Waals surface area contributed by atoms with Gasteiger partial charge in [0, 0.05) is 19.8 Å². The van der Waals surface area contributed by atoms with Crippen molar-refractivity contribution in [3.05, 3.63) is 35.4 Å². The molecular weight excluding hydrogens is 265 g/mol. The first-order valence-electron chi connectivity index (χ1n) is 6.61. The fourth-order valence-electron chi connectivity index (χ4n) is 1.84. The number of hydrogen-bond donors (Lipinski definition) is 0. The number of hydrazone groups is 1. The van der Waals surface area contributed by atoms with E-state index in [2.05, 4.69) is 18.9 Å². The molecule has 5 heteroatoms. The minimum atomic E-state index is -4.27. The Labute approximate surface area is 118 Å². The van der Waals surface area contributed by atoms with E-state index in [9.17, 15) is 13.2 Å². The second-order valence-electron chi connectivity index (χ2n) is 5.29. The van der Waals surface area contributed by atoms with Crippen molar-refractivity contribution < 1.29 is 13.2 Å². The molecule has 0 aromatic heterocycles. The Balaban J connectivity index is 2.70. The quantitative estimate of drug-likeness (QED) is 0.585. The number of alkyl halides is 3. The molecule has 0 aliphatic heterocycles. The van der Waals surface area contributed by atoms with E-state index in [0.717, 1.165) is 29.8 Å². The second kappa shape index (κ2) is 6.77. The van der Waals surface area contributed by atoms with Gasteiger partial charge in [-0.25, -0.2) is 0 Å². The van der Waals surface area contributed by atoms with Crippen LogP contribution < -0.4 is 0 Å². The molecule has 0 heterocycles. The fraction of sp³-hybridized carbons (Fsp3) is 0.533. The summed E-state index contributed by atoms with van der Waals surface area (Å²) in [5.74, 6) is 0.326. The van der Waals surface area contributed by atoms with Crippen molar-refractivity contribution in [1.29, 1.82) is 0 Å². The lowest BCUT2D eigenvalue weighted by atomic mass is 9.99. The zero-order valence-electron chi connectivity index (χ0n) is 12.3. The molecule has 20 heavy (non-hydrogen) atoms. The summed E-state index contributed by atoms with van der Waals surface area (Å²) in [6.07, 6.45) is -2.82. The molecule has 0 spiro atoms. The van der Waals surface area contributed by atoms with E-state index in [1.165, 1.54) is 12.1 Å². The topological polar surface area (TPSA) is 15.6 Å². The molecule has 1 aromatic carbocycles. The zero-order chi connectivity index (χ0) is 15.3. The van der Waals surface area contributed by atoms with Crippen LogP contribution in [0.2, 0.25) is 0 Å². The maximum absolute atomic E-state index is 12.5. The largest absolute Gasteiger partial charge is 0.416 e. The van der Waals surface area contributed by atoms with Crippen molar-refractivity contribution in [2.75, 3.05) is 14.1 Å². The predicted molar refractivity (Wildman–Crippen MR) is 75.7 cm³/mol. The normalized spacial score (nSPS) is 12.9. The lowest BCUT2D eigenvalue weighted by molar-refractivity contribution is -0.137. The summed E-state index contributed by atoms with van der Waals surface area (Å²) in [6, 6.07) is 5.34. The highest BCUT2D eigenvalue weighted by atomic mass is 19.4. The van der Waals surface area contributed by atoms with Crippen LogP contribution in [-0.4, -0.2) is 24.8 Å². The van der Waals surface area contributed by atoms with Gasteiger partial charge in [-0.1, -0.05) is 26.0 Å². The van der Waals surface area contributed by atoms with Crippen molar-refractivity contribution in [1.82, 2.24) is 5.01 Å². The Morgan fingerprint density at radius 1 is 1.15 bits per heavy atom. The predicted octanol–water partition coefficient (Wildman–Crippen LogP) is 4.21. The first kappa shape index (κ1) is 16.5. The highest BCUT2D eigenvalue weighted by molar-refractivity contribution is 5.86. The van der Waals surface area contributed by atoms with Crippen LogP contribution in [0.5, 0.6) is 0 Å². The number of benzene rings is 1. The van der Waals surface area contributed by atoms with E-state index in [-0.39, 0.29) is 0 Å².